The van der Waals surface area contributed by atoms with Crippen LogP contribution in [0.25, 0.3) is 11.0 Å². The first-order valence-electron chi connectivity index (χ1n) is 8.32. The van der Waals surface area contributed by atoms with Gasteiger partial charge >= 0.3 is 0 Å². The predicted molar refractivity (Wildman–Crippen MR) is 105 cm³/mol. The summed E-state index contributed by atoms with van der Waals surface area (Å²) >= 11 is 1.45. The number of nitrogens with zero attached hydrogens (tertiary/aromatic N) is 4. The van der Waals surface area contributed by atoms with Crippen LogP contribution in [0.5, 0.6) is 0 Å². The Hall–Kier alpha value is -3.50. The van der Waals surface area contributed by atoms with Gasteiger partial charge in [0.2, 0.25) is 0 Å². The van der Waals surface area contributed by atoms with Crippen molar-refractivity contribution in [2.75, 3.05) is 4.90 Å². The van der Waals surface area contributed by atoms with Crippen LogP contribution in [0.1, 0.15) is 26.8 Å². The van der Waals surface area contributed by atoms with E-state index in [2.05, 4.69) is 21.0 Å². The highest BCUT2D eigenvalue weighted by Crippen LogP contribution is 2.32. The lowest BCUT2D eigenvalue weighted by molar-refractivity contribution is 0.111. The number of fused-ring (bicyclic) bond motifs is 1. The number of imidazole rings is 1. The molecule has 2 aromatic carbocycles. The van der Waals surface area contributed by atoms with E-state index in [1.165, 1.54) is 11.3 Å². The highest BCUT2D eigenvalue weighted by molar-refractivity contribution is 7.15. The Balaban J connectivity index is 1.76. The zero-order chi connectivity index (χ0) is 18.8. The molecule has 0 amide bonds. The summed E-state index contributed by atoms with van der Waals surface area (Å²) in [5.41, 5.74) is 3.78. The summed E-state index contributed by atoms with van der Waals surface area (Å²) in [6.07, 6.45) is 0.771. The molecule has 4 aromatic rings. The molecule has 0 saturated heterocycles. The summed E-state index contributed by atoms with van der Waals surface area (Å²) in [4.78, 5) is 26.5. The number of benzene rings is 2. The van der Waals surface area contributed by atoms with E-state index in [0.29, 0.717) is 22.9 Å². The Bertz CT molecular complexity index is 1120. The topological polar surface area (TPSA) is 85.7 Å². The fourth-order valence-electron chi connectivity index (χ4n) is 2.83. The zero-order valence-electron chi connectivity index (χ0n) is 14.5. The smallest absolute Gasteiger partial charge is 0.191 e. The third-order valence-corrected chi connectivity index (χ3v) is 5.23. The van der Waals surface area contributed by atoms with Crippen molar-refractivity contribution >= 4 is 39.5 Å². The number of hydrogen-bond donors (Lipinski definition) is 1. The van der Waals surface area contributed by atoms with Crippen molar-refractivity contribution in [1.29, 1.82) is 5.26 Å². The molecule has 0 aliphatic heterocycles. The summed E-state index contributed by atoms with van der Waals surface area (Å²) in [5, 5.41) is 9.75. The number of para-hydroxylation sites is 2. The minimum absolute atomic E-state index is 0.443. The van der Waals surface area contributed by atoms with Gasteiger partial charge in [0.1, 0.15) is 11.5 Å². The van der Waals surface area contributed by atoms with E-state index in [4.69, 9.17) is 5.26 Å². The van der Waals surface area contributed by atoms with Crippen LogP contribution in [0.2, 0.25) is 0 Å². The molecule has 132 valence electrons. The molecular weight excluding hydrogens is 358 g/mol. The standard InChI is InChI=1S/C20H15N5OS/c1-13-18(12-26)24-20(27-13)25(15-8-6-14(10-21)7-9-15)11-19-22-16-4-2-3-5-17(16)23-19/h2-9,12H,11H2,1H3,(H,22,23). The lowest BCUT2D eigenvalue weighted by Gasteiger charge is -2.21. The van der Waals surface area contributed by atoms with Crippen molar-refractivity contribution in [3.8, 4) is 6.07 Å². The van der Waals surface area contributed by atoms with Crippen molar-refractivity contribution in [2.45, 2.75) is 13.5 Å². The molecule has 0 radical (unpaired) electrons. The molecular formula is C20H15N5OS. The predicted octanol–water partition coefficient (Wildman–Crippen LogP) is 4.35. The minimum atomic E-state index is 0.443. The Morgan fingerprint density at radius 3 is 2.63 bits per heavy atom. The minimum Gasteiger partial charge on any atom is -0.340 e. The molecule has 2 heterocycles. The second kappa shape index (κ2) is 7.02. The summed E-state index contributed by atoms with van der Waals surface area (Å²) in [6.45, 7) is 2.34. The Morgan fingerprint density at radius 2 is 1.96 bits per heavy atom. The van der Waals surface area contributed by atoms with Crippen LogP contribution in [0.15, 0.2) is 48.5 Å². The average molecular weight is 373 g/mol. The molecule has 0 aliphatic rings. The molecule has 0 bridgehead atoms. The molecule has 0 fully saturated rings. The van der Waals surface area contributed by atoms with Crippen molar-refractivity contribution < 1.29 is 4.79 Å². The number of aromatic nitrogens is 3. The van der Waals surface area contributed by atoms with Gasteiger partial charge in [-0.05, 0) is 43.3 Å². The van der Waals surface area contributed by atoms with E-state index < -0.39 is 0 Å². The average Bonchev–Trinajstić information content (AvgIpc) is 3.28. The molecule has 0 spiro atoms. The highest BCUT2D eigenvalue weighted by Gasteiger charge is 2.18. The van der Waals surface area contributed by atoms with Crippen molar-refractivity contribution in [2.24, 2.45) is 0 Å². The zero-order valence-corrected chi connectivity index (χ0v) is 15.3. The molecule has 1 N–H and O–H groups in total. The van der Waals surface area contributed by atoms with Crippen molar-refractivity contribution in [3.05, 3.63) is 70.5 Å². The van der Waals surface area contributed by atoms with Crippen LogP contribution in [0, 0.1) is 18.3 Å². The van der Waals surface area contributed by atoms with Crippen LogP contribution in [-0.4, -0.2) is 21.2 Å². The lowest BCUT2D eigenvalue weighted by Crippen LogP contribution is -2.17. The van der Waals surface area contributed by atoms with Crippen LogP contribution in [-0.2, 0) is 6.54 Å². The summed E-state index contributed by atoms with van der Waals surface area (Å²) in [5.74, 6) is 0.793. The molecule has 27 heavy (non-hydrogen) atoms. The maximum Gasteiger partial charge on any atom is 0.191 e. The number of rotatable bonds is 5. The Morgan fingerprint density at radius 1 is 1.19 bits per heavy atom. The number of H-pyrrole nitrogens is 1. The fourth-order valence-corrected chi connectivity index (χ4v) is 3.73. The van der Waals surface area contributed by atoms with Crippen molar-refractivity contribution in [3.63, 3.8) is 0 Å². The van der Waals surface area contributed by atoms with Crippen LogP contribution < -0.4 is 4.90 Å². The fraction of sp³-hybridized carbons (Fsp3) is 0.100. The lowest BCUT2D eigenvalue weighted by atomic mass is 10.2. The van der Waals surface area contributed by atoms with Crippen molar-refractivity contribution in [1.82, 2.24) is 15.0 Å². The van der Waals surface area contributed by atoms with Gasteiger partial charge in [-0.1, -0.05) is 12.1 Å². The number of aldehydes is 1. The molecule has 0 saturated carbocycles. The summed E-state index contributed by atoms with van der Waals surface area (Å²) < 4.78 is 0. The first-order chi connectivity index (χ1) is 13.2. The molecule has 4 rings (SSSR count). The van der Waals surface area contributed by atoms with Crippen LogP contribution in [0.4, 0.5) is 10.8 Å². The van der Waals surface area contributed by atoms with Crippen LogP contribution in [0.3, 0.4) is 0 Å². The number of carbonyl (C=O) groups excluding carboxylic acids is 1. The van der Waals surface area contributed by atoms with E-state index in [1.807, 2.05) is 48.2 Å². The van der Waals surface area contributed by atoms with Gasteiger partial charge in [0, 0.05) is 10.6 Å². The third kappa shape index (κ3) is 3.30. The van der Waals surface area contributed by atoms with E-state index in [-0.39, 0.29) is 0 Å². The monoisotopic (exact) mass is 373 g/mol. The van der Waals surface area contributed by atoms with Crippen LogP contribution >= 0.6 is 11.3 Å². The number of anilines is 2. The number of thiazole rings is 1. The van der Waals surface area contributed by atoms with Gasteiger partial charge in [0.15, 0.2) is 11.4 Å². The van der Waals surface area contributed by atoms with E-state index in [9.17, 15) is 4.79 Å². The normalized spacial score (nSPS) is 10.7. The summed E-state index contributed by atoms with van der Waals surface area (Å²) in [6, 6.07) is 17.3. The maximum absolute atomic E-state index is 11.2. The van der Waals surface area contributed by atoms with Gasteiger partial charge in [-0.15, -0.1) is 11.3 Å². The molecule has 0 unspecified atom stereocenters. The van der Waals surface area contributed by atoms with Gasteiger partial charge in [-0.25, -0.2) is 9.97 Å². The Kier molecular flexibility index (Phi) is 4.40. The molecule has 6 nitrogen and oxygen atoms in total. The number of aryl methyl sites for hydroxylation is 1. The van der Waals surface area contributed by atoms with E-state index in [0.717, 1.165) is 33.7 Å². The second-order valence-corrected chi connectivity index (χ2v) is 7.18. The summed E-state index contributed by atoms with van der Waals surface area (Å²) in [7, 11) is 0. The van der Waals surface area contributed by atoms with Gasteiger partial charge in [0.25, 0.3) is 0 Å². The molecule has 0 aliphatic carbocycles. The number of nitrogens with one attached hydrogen (secondary N) is 1. The Labute approximate surface area is 159 Å². The quantitative estimate of drug-likeness (QED) is 0.526. The SMILES string of the molecule is Cc1sc(N(Cc2nc3ccccc3[nH]2)c2ccc(C#N)cc2)nc1C=O. The van der Waals surface area contributed by atoms with Gasteiger partial charge < -0.3 is 9.88 Å². The maximum atomic E-state index is 11.2. The number of aromatic amines is 1. The van der Waals surface area contributed by atoms with Gasteiger partial charge in [-0.2, -0.15) is 5.26 Å². The number of carbonyl (C=O) groups is 1. The molecule has 0 atom stereocenters. The number of hydrogen-bond acceptors (Lipinski definition) is 6. The second-order valence-electron chi connectivity index (χ2n) is 6.00. The largest absolute Gasteiger partial charge is 0.340 e. The first-order valence-corrected chi connectivity index (χ1v) is 9.13. The van der Waals surface area contributed by atoms with E-state index >= 15 is 0 Å². The molecule has 2 aromatic heterocycles. The number of nitriles is 1. The highest BCUT2D eigenvalue weighted by atomic mass is 32.1. The molecule has 7 heteroatoms. The van der Waals surface area contributed by atoms with E-state index in [1.54, 1.807) is 12.1 Å². The van der Waals surface area contributed by atoms with Gasteiger partial charge in [0.05, 0.1) is 29.2 Å². The van der Waals surface area contributed by atoms with Gasteiger partial charge in [-0.3, -0.25) is 4.79 Å². The first kappa shape index (κ1) is 16.9. The third-order valence-electron chi connectivity index (χ3n) is 4.22.